The average molecular weight is 226 g/mol. The Morgan fingerprint density at radius 3 is 2.62 bits per heavy atom. The van der Waals surface area contributed by atoms with E-state index in [4.69, 9.17) is 0 Å². The third kappa shape index (κ3) is 2.71. The molecule has 0 saturated heterocycles. The fraction of sp³-hybridized carbons (Fsp3) is 0. The van der Waals surface area contributed by atoms with Gasteiger partial charge in [0.15, 0.2) is 0 Å². The van der Waals surface area contributed by atoms with Crippen molar-refractivity contribution in [2.24, 2.45) is 0 Å². The van der Waals surface area contributed by atoms with Crippen LogP contribution in [0.5, 0.6) is 0 Å². The molecule has 7 nitrogen and oxygen atoms in total. The number of ether oxygens (including phenoxy) is 2. The molecule has 1 heterocycles. The molecule has 0 aliphatic carbocycles. The van der Waals surface area contributed by atoms with Crippen LogP contribution in [-0.4, -0.2) is 17.9 Å². The molecule has 0 atom stereocenters. The number of hydrogen-bond donors (Lipinski definition) is 0. The number of cyclic esters (lactones) is 1. The third-order valence-electron chi connectivity index (χ3n) is 1.31. The Balaban J connectivity index is 2.55. The summed E-state index contributed by atoms with van der Waals surface area (Å²) >= 11 is 0. The summed E-state index contributed by atoms with van der Waals surface area (Å²) in [5.74, 6) is -3.95. The molecule has 84 valence electrons. The SMILES string of the molecule is C=CC(=O)OOC(=O)C1=COC(=C)C(=O)O1. The summed E-state index contributed by atoms with van der Waals surface area (Å²) in [6.07, 6.45) is 1.58. The molecule has 0 bridgehead atoms. The van der Waals surface area contributed by atoms with Gasteiger partial charge in [0.25, 0.3) is 5.76 Å². The highest BCUT2D eigenvalue weighted by Gasteiger charge is 2.26. The Morgan fingerprint density at radius 2 is 2.06 bits per heavy atom. The van der Waals surface area contributed by atoms with Gasteiger partial charge in [0, 0.05) is 6.08 Å². The van der Waals surface area contributed by atoms with E-state index in [2.05, 4.69) is 32.4 Å². The van der Waals surface area contributed by atoms with Crippen LogP contribution in [0.2, 0.25) is 0 Å². The van der Waals surface area contributed by atoms with Crippen LogP contribution in [0.3, 0.4) is 0 Å². The third-order valence-corrected chi connectivity index (χ3v) is 1.31. The number of rotatable bonds is 2. The smallest absolute Gasteiger partial charge is 0.424 e. The van der Waals surface area contributed by atoms with Gasteiger partial charge in [0.1, 0.15) is 6.26 Å². The fourth-order valence-corrected chi connectivity index (χ4v) is 0.597. The first-order chi connectivity index (χ1) is 7.54. The number of esters is 1. The van der Waals surface area contributed by atoms with E-state index >= 15 is 0 Å². The van der Waals surface area contributed by atoms with Crippen LogP contribution in [0.1, 0.15) is 0 Å². The van der Waals surface area contributed by atoms with Gasteiger partial charge in [-0.2, -0.15) is 0 Å². The zero-order valence-corrected chi connectivity index (χ0v) is 7.93. The average Bonchev–Trinajstić information content (AvgIpc) is 2.29. The molecule has 0 radical (unpaired) electrons. The molecule has 1 rings (SSSR count). The first-order valence-electron chi connectivity index (χ1n) is 3.87. The summed E-state index contributed by atoms with van der Waals surface area (Å²) in [5.41, 5.74) is 0. The standard InChI is InChI=1S/C9H6O7/c1-3-7(10)15-16-9(12)6-4-13-5(2)8(11)14-6/h3-4H,1-2H2. The van der Waals surface area contributed by atoms with Gasteiger partial charge < -0.3 is 9.47 Å². The van der Waals surface area contributed by atoms with Crippen LogP contribution in [0.4, 0.5) is 0 Å². The minimum atomic E-state index is -1.20. The fourth-order valence-electron chi connectivity index (χ4n) is 0.597. The van der Waals surface area contributed by atoms with Gasteiger partial charge in [0.05, 0.1) is 0 Å². The predicted molar refractivity (Wildman–Crippen MR) is 46.8 cm³/mol. The van der Waals surface area contributed by atoms with Gasteiger partial charge in [-0.15, -0.1) is 0 Å². The summed E-state index contributed by atoms with van der Waals surface area (Å²) in [7, 11) is 0. The lowest BCUT2D eigenvalue weighted by Crippen LogP contribution is -2.21. The van der Waals surface area contributed by atoms with Crippen molar-refractivity contribution in [2.45, 2.75) is 0 Å². The highest BCUT2D eigenvalue weighted by atomic mass is 17.2. The molecule has 0 aromatic heterocycles. The van der Waals surface area contributed by atoms with E-state index in [1.54, 1.807) is 0 Å². The molecule has 7 heteroatoms. The topological polar surface area (TPSA) is 88.1 Å². The normalized spacial score (nSPS) is 14.1. The van der Waals surface area contributed by atoms with Gasteiger partial charge in [0.2, 0.25) is 5.76 Å². The highest BCUT2D eigenvalue weighted by molar-refractivity contribution is 5.95. The lowest BCUT2D eigenvalue weighted by Gasteiger charge is -2.12. The summed E-state index contributed by atoms with van der Waals surface area (Å²) in [5, 5.41) is 0. The summed E-state index contributed by atoms with van der Waals surface area (Å²) in [6.45, 7) is 6.26. The largest absolute Gasteiger partial charge is 0.454 e. The molecule has 0 amide bonds. The molecule has 0 spiro atoms. The zero-order valence-electron chi connectivity index (χ0n) is 7.93. The molecule has 0 saturated carbocycles. The van der Waals surface area contributed by atoms with E-state index in [-0.39, 0.29) is 5.76 Å². The Labute approximate surface area is 89.5 Å². The maximum atomic E-state index is 11.1. The van der Waals surface area contributed by atoms with Crippen LogP contribution in [0.25, 0.3) is 0 Å². The first-order valence-corrected chi connectivity index (χ1v) is 3.87. The first kappa shape index (κ1) is 11.5. The van der Waals surface area contributed by atoms with Crippen LogP contribution < -0.4 is 0 Å². The van der Waals surface area contributed by atoms with Crippen molar-refractivity contribution >= 4 is 17.9 Å². The van der Waals surface area contributed by atoms with E-state index in [0.29, 0.717) is 0 Å². The molecule has 0 aromatic carbocycles. The molecular formula is C9H6O7. The second-order valence-electron chi connectivity index (χ2n) is 2.39. The van der Waals surface area contributed by atoms with Crippen molar-refractivity contribution < 1.29 is 33.6 Å². The van der Waals surface area contributed by atoms with Crippen LogP contribution in [0, 0.1) is 0 Å². The van der Waals surface area contributed by atoms with Gasteiger partial charge in [-0.05, 0) is 6.58 Å². The van der Waals surface area contributed by atoms with E-state index in [1.165, 1.54) is 0 Å². The number of hydrogen-bond acceptors (Lipinski definition) is 7. The Morgan fingerprint density at radius 1 is 1.38 bits per heavy atom. The van der Waals surface area contributed by atoms with Crippen LogP contribution in [0.15, 0.2) is 37.0 Å². The Hall–Kier alpha value is -2.57. The Kier molecular flexibility index (Phi) is 3.44. The monoisotopic (exact) mass is 226 g/mol. The molecule has 0 N–H and O–H groups in total. The van der Waals surface area contributed by atoms with E-state index in [0.717, 1.165) is 12.3 Å². The summed E-state index contributed by atoms with van der Waals surface area (Å²) in [6, 6.07) is 0. The lowest BCUT2D eigenvalue weighted by molar-refractivity contribution is -0.253. The van der Waals surface area contributed by atoms with Crippen molar-refractivity contribution in [3.05, 3.63) is 37.0 Å². The molecule has 1 aliphatic heterocycles. The number of carbonyl (C=O) groups is 3. The van der Waals surface area contributed by atoms with Gasteiger partial charge in [-0.3, -0.25) is 0 Å². The summed E-state index contributed by atoms with van der Waals surface area (Å²) < 4.78 is 9.00. The zero-order chi connectivity index (χ0) is 12.1. The molecule has 16 heavy (non-hydrogen) atoms. The lowest BCUT2D eigenvalue weighted by atomic mass is 10.5. The quantitative estimate of drug-likeness (QED) is 0.285. The predicted octanol–water partition coefficient (Wildman–Crippen LogP) is 0.102. The van der Waals surface area contributed by atoms with Crippen molar-refractivity contribution in [2.75, 3.05) is 0 Å². The van der Waals surface area contributed by atoms with Gasteiger partial charge in [-0.1, -0.05) is 6.58 Å². The van der Waals surface area contributed by atoms with Crippen molar-refractivity contribution in [1.82, 2.24) is 0 Å². The maximum absolute atomic E-state index is 11.1. The van der Waals surface area contributed by atoms with E-state index in [9.17, 15) is 14.4 Å². The van der Waals surface area contributed by atoms with E-state index < -0.39 is 23.7 Å². The highest BCUT2D eigenvalue weighted by Crippen LogP contribution is 2.13. The summed E-state index contributed by atoms with van der Waals surface area (Å²) in [4.78, 5) is 40.4. The molecule has 0 unspecified atom stereocenters. The van der Waals surface area contributed by atoms with Crippen molar-refractivity contribution in [3.63, 3.8) is 0 Å². The van der Waals surface area contributed by atoms with Gasteiger partial charge in [-0.25, -0.2) is 24.2 Å². The van der Waals surface area contributed by atoms with Crippen molar-refractivity contribution in [3.8, 4) is 0 Å². The molecule has 0 aromatic rings. The molecule has 0 fully saturated rings. The van der Waals surface area contributed by atoms with Crippen LogP contribution >= 0.6 is 0 Å². The minimum absolute atomic E-state index is 0.278. The molecule has 1 aliphatic rings. The molecular weight excluding hydrogens is 220 g/mol. The van der Waals surface area contributed by atoms with E-state index in [1.807, 2.05) is 0 Å². The minimum Gasteiger partial charge on any atom is -0.454 e. The van der Waals surface area contributed by atoms with Crippen LogP contribution in [-0.2, 0) is 33.6 Å². The Bertz CT molecular complexity index is 404. The number of carbonyl (C=O) groups excluding carboxylic acids is 3. The maximum Gasteiger partial charge on any atom is 0.424 e. The van der Waals surface area contributed by atoms with Crippen molar-refractivity contribution in [1.29, 1.82) is 0 Å². The van der Waals surface area contributed by atoms with Gasteiger partial charge >= 0.3 is 17.9 Å². The second-order valence-corrected chi connectivity index (χ2v) is 2.39. The second kappa shape index (κ2) is 4.78.